The molecule has 0 aliphatic rings. The first kappa shape index (κ1) is 14.6. The average Bonchev–Trinajstić information content (AvgIpc) is 2.44. The molecule has 0 radical (unpaired) electrons. The van der Waals surface area contributed by atoms with E-state index in [1.807, 2.05) is 13.0 Å². The Bertz CT molecular complexity index is 722. The maximum Gasteiger partial charge on any atom is 0.255 e. The van der Waals surface area contributed by atoms with Gasteiger partial charge in [-0.05, 0) is 58.7 Å². The lowest BCUT2D eigenvalue weighted by molar-refractivity contribution is 0.102. The summed E-state index contributed by atoms with van der Waals surface area (Å²) in [5, 5.41) is 12.2. The second-order valence-electron chi connectivity index (χ2n) is 4.22. The van der Waals surface area contributed by atoms with Crippen molar-refractivity contribution in [3.63, 3.8) is 0 Å². The Kier molecular flexibility index (Phi) is 4.43. The largest absolute Gasteiger partial charge is 0.322 e. The lowest BCUT2D eigenvalue weighted by atomic mass is 10.1. The van der Waals surface area contributed by atoms with Crippen LogP contribution in [0.2, 0.25) is 5.02 Å². The highest BCUT2D eigenvalue weighted by molar-refractivity contribution is 9.10. The van der Waals surface area contributed by atoms with Gasteiger partial charge in [-0.25, -0.2) is 0 Å². The van der Waals surface area contributed by atoms with Crippen LogP contribution in [0.15, 0.2) is 40.9 Å². The molecule has 1 N–H and O–H groups in total. The SMILES string of the molecule is Cc1ccc(C#N)cc1NC(=O)c1ccc(Cl)c(Br)c1. The van der Waals surface area contributed by atoms with Gasteiger partial charge in [0.2, 0.25) is 0 Å². The number of carbonyl (C=O) groups excluding carboxylic acids is 1. The lowest BCUT2D eigenvalue weighted by Crippen LogP contribution is -2.12. The van der Waals surface area contributed by atoms with E-state index in [2.05, 4.69) is 21.2 Å². The van der Waals surface area contributed by atoms with Crippen molar-refractivity contribution in [2.24, 2.45) is 0 Å². The molecule has 0 unspecified atom stereocenters. The van der Waals surface area contributed by atoms with Crippen molar-refractivity contribution in [2.45, 2.75) is 6.92 Å². The number of anilines is 1. The van der Waals surface area contributed by atoms with Gasteiger partial charge in [-0.15, -0.1) is 0 Å². The van der Waals surface area contributed by atoms with E-state index in [1.54, 1.807) is 36.4 Å². The molecule has 2 aromatic carbocycles. The number of nitrogens with one attached hydrogen (secondary N) is 1. The maximum atomic E-state index is 12.2. The Morgan fingerprint density at radius 3 is 2.70 bits per heavy atom. The molecule has 2 aromatic rings. The highest BCUT2D eigenvalue weighted by Crippen LogP contribution is 2.24. The molecule has 5 heteroatoms. The maximum absolute atomic E-state index is 12.2. The van der Waals surface area contributed by atoms with E-state index in [1.165, 1.54) is 0 Å². The molecule has 0 aliphatic heterocycles. The van der Waals surface area contributed by atoms with E-state index in [0.717, 1.165) is 5.56 Å². The van der Waals surface area contributed by atoms with Crippen molar-refractivity contribution < 1.29 is 4.79 Å². The van der Waals surface area contributed by atoms with Crippen LogP contribution in [0.1, 0.15) is 21.5 Å². The second kappa shape index (κ2) is 6.08. The molecule has 100 valence electrons. The van der Waals surface area contributed by atoms with E-state index >= 15 is 0 Å². The number of aryl methyl sites for hydroxylation is 1. The first-order valence-corrected chi connectivity index (χ1v) is 6.95. The predicted octanol–water partition coefficient (Wildman–Crippen LogP) is 4.53. The molecule has 2 rings (SSSR count). The molecule has 0 aliphatic carbocycles. The molecule has 0 aromatic heterocycles. The standard InChI is InChI=1S/C15H10BrClN2O/c1-9-2-3-10(8-18)6-14(9)19-15(20)11-4-5-13(17)12(16)7-11/h2-7H,1H3,(H,19,20). The fraction of sp³-hybridized carbons (Fsp3) is 0.0667. The highest BCUT2D eigenvalue weighted by atomic mass is 79.9. The third kappa shape index (κ3) is 3.19. The van der Waals surface area contributed by atoms with Crippen molar-refractivity contribution >= 4 is 39.1 Å². The molecule has 20 heavy (non-hydrogen) atoms. The molecule has 0 spiro atoms. The number of benzene rings is 2. The summed E-state index contributed by atoms with van der Waals surface area (Å²) in [6, 6.07) is 12.2. The topological polar surface area (TPSA) is 52.9 Å². The van der Waals surface area contributed by atoms with Gasteiger partial charge in [-0.2, -0.15) is 5.26 Å². The van der Waals surface area contributed by atoms with Crippen molar-refractivity contribution in [3.05, 3.63) is 62.6 Å². The van der Waals surface area contributed by atoms with Crippen LogP contribution in [0.25, 0.3) is 0 Å². The summed E-state index contributed by atoms with van der Waals surface area (Å²) in [6.07, 6.45) is 0. The van der Waals surface area contributed by atoms with Crippen LogP contribution < -0.4 is 5.32 Å². The molecule has 0 saturated heterocycles. The van der Waals surface area contributed by atoms with E-state index in [-0.39, 0.29) is 5.91 Å². The van der Waals surface area contributed by atoms with Gasteiger partial charge in [0.15, 0.2) is 0 Å². The summed E-state index contributed by atoms with van der Waals surface area (Å²) < 4.78 is 0.661. The number of hydrogen-bond acceptors (Lipinski definition) is 2. The minimum absolute atomic E-state index is 0.249. The molecule has 0 atom stereocenters. The molecule has 0 fully saturated rings. The molecule has 3 nitrogen and oxygen atoms in total. The Balaban J connectivity index is 2.28. The highest BCUT2D eigenvalue weighted by Gasteiger charge is 2.10. The normalized spacial score (nSPS) is 9.90. The molecule has 0 heterocycles. The number of halogens is 2. The van der Waals surface area contributed by atoms with E-state index in [4.69, 9.17) is 16.9 Å². The monoisotopic (exact) mass is 348 g/mol. The number of hydrogen-bond donors (Lipinski definition) is 1. The Morgan fingerprint density at radius 2 is 2.05 bits per heavy atom. The van der Waals surface area contributed by atoms with E-state index < -0.39 is 0 Å². The van der Waals surface area contributed by atoms with Crippen LogP contribution in [-0.2, 0) is 0 Å². The summed E-state index contributed by atoms with van der Waals surface area (Å²) in [5.41, 5.74) is 2.51. The van der Waals surface area contributed by atoms with Gasteiger partial charge in [0.1, 0.15) is 0 Å². The van der Waals surface area contributed by atoms with Gasteiger partial charge in [-0.3, -0.25) is 4.79 Å². The van der Waals surface area contributed by atoms with Crippen LogP contribution in [0.3, 0.4) is 0 Å². The van der Waals surface area contributed by atoms with E-state index in [0.29, 0.717) is 26.3 Å². The number of nitrogens with zero attached hydrogens (tertiary/aromatic N) is 1. The van der Waals surface area contributed by atoms with Crippen molar-refractivity contribution in [1.82, 2.24) is 0 Å². The summed E-state index contributed by atoms with van der Waals surface area (Å²) in [5.74, 6) is -0.249. The van der Waals surface area contributed by atoms with E-state index in [9.17, 15) is 4.79 Å². The minimum atomic E-state index is -0.249. The molecule has 0 saturated carbocycles. The van der Waals surface area contributed by atoms with Crippen LogP contribution in [0.5, 0.6) is 0 Å². The fourth-order valence-electron chi connectivity index (χ4n) is 1.66. The molecular formula is C15H10BrClN2O. The summed E-state index contributed by atoms with van der Waals surface area (Å²) in [6.45, 7) is 1.87. The summed E-state index contributed by atoms with van der Waals surface area (Å²) in [7, 11) is 0. The molecule has 0 bridgehead atoms. The smallest absolute Gasteiger partial charge is 0.255 e. The van der Waals surface area contributed by atoms with Crippen LogP contribution in [-0.4, -0.2) is 5.91 Å². The molecule has 1 amide bonds. The van der Waals surface area contributed by atoms with Gasteiger partial charge in [0.25, 0.3) is 5.91 Å². The first-order chi connectivity index (χ1) is 9.51. The van der Waals surface area contributed by atoms with Crippen LogP contribution in [0, 0.1) is 18.3 Å². The second-order valence-corrected chi connectivity index (χ2v) is 5.49. The Morgan fingerprint density at radius 1 is 1.30 bits per heavy atom. The quantitative estimate of drug-likeness (QED) is 0.865. The molecular weight excluding hydrogens is 340 g/mol. The summed E-state index contributed by atoms with van der Waals surface area (Å²) in [4.78, 5) is 12.2. The van der Waals surface area contributed by atoms with Crippen LogP contribution >= 0.6 is 27.5 Å². The van der Waals surface area contributed by atoms with Crippen molar-refractivity contribution in [3.8, 4) is 6.07 Å². The summed E-state index contributed by atoms with van der Waals surface area (Å²) >= 11 is 9.18. The van der Waals surface area contributed by atoms with Gasteiger partial charge >= 0.3 is 0 Å². The minimum Gasteiger partial charge on any atom is -0.322 e. The number of carbonyl (C=O) groups is 1. The van der Waals surface area contributed by atoms with Gasteiger partial charge in [0.05, 0.1) is 16.7 Å². The van der Waals surface area contributed by atoms with Gasteiger partial charge in [-0.1, -0.05) is 17.7 Å². The predicted molar refractivity (Wildman–Crippen MR) is 83.0 cm³/mol. The van der Waals surface area contributed by atoms with Gasteiger partial charge in [0, 0.05) is 15.7 Å². The first-order valence-electron chi connectivity index (χ1n) is 5.78. The van der Waals surface area contributed by atoms with Crippen molar-refractivity contribution in [2.75, 3.05) is 5.32 Å². The number of amides is 1. The Labute approximate surface area is 130 Å². The third-order valence-electron chi connectivity index (χ3n) is 2.80. The average molecular weight is 350 g/mol. The lowest BCUT2D eigenvalue weighted by Gasteiger charge is -2.09. The van der Waals surface area contributed by atoms with Gasteiger partial charge < -0.3 is 5.32 Å². The Hall–Kier alpha value is -1.83. The zero-order chi connectivity index (χ0) is 14.7. The third-order valence-corrected chi connectivity index (χ3v) is 4.01. The zero-order valence-corrected chi connectivity index (χ0v) is 12.9. The fourth-order valence-corrected chi connectivity index (χ4v) is 2.15. The number of nitriles is 1. The van der Waals surface area contributed by atoms with Crippen molar-refractivity contribution in [1.29, 1.82) is 5.26 Å². The van der Waals surface area contributed by atoms with Crippen LogP contribution in [0.4, 0.5) is 5.69 Å². The number of rotatable bonds is 2. The zero-order valence-electron chi connectivity index (χ0n) is 10.6.